The number of phenols is 1. The van der Waals surface area contributed by atoms with Gasteiger partial charge in [0.05, 0.1) is 0 Å². The maximum Gasteiger partial charge on any atom is 0.254 e. The molecule has 1 aromatic carbocycles. The van der Waals surface area contributed by atoms with Gasteiger partial charge in [-0.05, 0) is 39.0 Å². The summed E-state index contributed by atoms with van der Waals surface area (Å²) >= 11 is 0. The van der Waals surface area contributed by atoms with Crippen LogP contribution in [-0.4, -0.2) is 52.5 Å². The Labute approximate surface area is 114 Å². The molecule has 1 N–H and O–H groups in total. The van der Waals surface area contributed by atoms with Crippen molar-refractivity contribution in [2.45, 2.75) is 26.3 Å². The SMILES string of the molecule is CC(C)(C)N1CCN(C(=O)c2cccc(O)c2)CC1. The molecule has 1 aliphatic rings. The zero-order chi connectivity index (χ0) is 14.0. The number of carbonyl (C=O) groups excluding carboxylic acids is 1. The summed E-state index contributed by atoms with van der Waals surface area (Å²) in [4.78, 5) is 16.6. The number of aromatic hydroxyl groups is 1. The minimum atomic E-state index is 0.00413. The van der Waals surface area contributed by atoms with E-state index in [1.165, 1.54) is 6.07 Å². The Bertz CT molecular complexity index is 457. The van der Waals surface area contributed by atoms with Gasteiger partial charge in [-0.25, -0.2) is 0 Å². The van der Waals surface area contributed by atoms with E-state index in [0.717, 1.165) is 26.2 Å². The second-order valence-corrected chi connectivity index (χ2v) is 6.00. The molecule has 1 saturated heterocycles. The minimum Gasteiger partial charge on any atom is -0.508 e. The third kappa shape index (κ3) is 3.26. The number of benzene rings is 1. The lowest BCUT2D eigenvalue weighted by Gasteiger charge is -2.42. The van der Waals surface area contributed by atoms with Crippen LogP contribution in [0.4, 0.5) is 0 Å². The molecule has 19 heavy (non-hydrogen) atoms. The van der Waals surface area contributed by atoms with Crippen molar-refractivity contribution >= 4 is 5.91 Å². The van der Waals surface area contributed by atoms with Crippen LogP contribution in [0.5, 0.6) is 5.75 Å². The lowest BCUT2D eigenvalue weighted by atomic mass is 10.0. The summed E-state index contributed by atoms with van der Waals surface area (Å²) in [5.41, 5.74) is 0.712. The Morgan fingerprint density at radius 1 is 1.16 bits per heavy atom. The van der Waals surface area contributed by atoms with E-state index in [-0.39, 0.29) is 17.2 Å². The van der Waals surface area contributed by atoms with Crippen molar-refractivity contribution in [1.29, 1.82) is 0 Å². The first-order chi connectivity index (χ1) is 8.88. The molecule has 0 bridgehead atoms. The predicted octanol–water partition coefficient (Wildman–Crippen LogP) is 1.95. The number of hydrogen-bond acceptors (Lipinski definition) is 3. The summed E-state index contributed by atoms with van der Waals surface area (Å²) in [5.74, 6) is 0.142. The second kappa shape index (κ2) is 5.21. The van der Waals surface area contributed by atoms with Crippen LogP contribution in [0.2, 0.25) is 0 Å². The molecule has 1 aromatic rings. The highest BCUT2D eigenvalue weighted by molar-refractivity contribution is 5.94. The summed E-state index contributed by atoms with van der Waals surface area (Å²) in [6, 6.07) is 6.55. The third-order valence-corrected chi connectivity index (χ3v) is 3.61. The van der Waals surface area contributed by atoms with Crippen LogP contribution >= 0.6 is 0 Å². The van der Waals surface area contributed by atoms with Crippen LogP contribution in [0.25, 0.3) is 0 Å². The zero-order valence-corrected chi connectivity index (χ0v) is 11.9. The molecule has 1 amide bonds. The Hall–Kier alpha value is -1.55. The maximum atomic E-state index is 12.3. The quantitative estimate of drug-likeness (QED) is 0.841. The second-order valence-electron chi connectivity index (χ2n) is 6.00. The van der Waals surface area contributed by atoms with Gasteiger partial charge in [0.25, 0.3) is 5.91 Å². The maximum absolute atomic E-state index is 12.3. The Morgan fingerprint density at radius 2 is 1.79 bits per heavy atom. The van der Waals surface area contributed by atoms with Gasteiger partial charge in [0.15, 0.2) is 0 Å². The fourth-order valence-corrected chi connectivity index (χ4v) is 2.40. The highest BCUT2D eigenvalue weighted by Crippen LogP contribution is 2.18. The lowest BCUT2D eigenvalue weighted by molar-refractivity contribution is 0.0451. The molecule has 0 saturated carbocycles. The first-order valence-corrected chi connectivity index (χ1v) is 6.71. The number of carbonyl (C=O) groups is 1. The van der Waals surface area contributed by atoms with E-state index >= 15 is 0 Å². The van der Waals surface area contributed by atoms with E-state index in [1.807, 2.05) is 4.90 Å². The van der Waals surface area contributed by atoms with Gasteiger partial charge in [0, 0.05) is 37.3 Å². The van der Waals surface area contributed by atoms with Crippen molar-refractivity contribution in [2.75, 3.05) is 26.2 Å². The van der Waals surface area contributed by atoms with Gasteiger partial charge in [-0.2, -0.15) is 0 Å². The molecule has 2 rings (SSSR count). The van der Waals surface area contributed by atoms with E-state index in [2.05, 4.69) is 25.7 Å². The molecule has 1 aliphatic heterocycles. The molecule has 0 radical (unpaired) electrons. The molecular weight excluding hydrogens is 240 g/mol. The summed E-state index contributed by atoms with van der Waals surface area (Å²) in [5, 5.41) is 9.43. The first-order valence-electron chi connectivity index (χ1n) is 6.71. The highest BCUT2D eigenvalue weighted by atomic mass is 16.3. The van der Waals surface area contributed by atoms with Gasteiger partial charge in [-0.3, -0.25) is 9.69 Å². The van der Waals surface area contributed by atoms with Crippen molar-refractivity contribution in [2.24, 2.45) is 0 Å². The Balaban J connectivity index is 2.00. The number of piperazine rings is 1. The van der Waals surface area contributed by atoms with Crippen LogP contribution in [0.1, 0.15) is 31.1 Å². The number of phenolic OH excluding ortho intramolecular Hbond substituents is 1. The van der Waals surface area contributed by atoms with Gasteiger partial charge in [0.2, 0.25) is 0 Å². The van der Waals surface area contributed by atoms with Gasteiger partial charge < -0.3 is 10.0 Å². The summed E-state index contributed by atoms with van der Waals surface area (Å²) in [6.07, 6.45) is 0. The largest absolute Gasteiger partial charge is 0.508 e. The number of amides is 1. The zero-order valence-electron chi connectivity index (χ0n) is 11.9. The normalized spacial score (nSPS) is 17.5. The molecule has 4 nitrogen and oxygen atoms in total. The Kier molecular flexibility index (Phi) is 3.80. The van der Waals surface area contributed by atoms with Crippen molar-refractivity contribution in [1.82, 2.24) is 9.80 Å². The molecule has 1 heterocycles. The van der Waals surface area contributed by atoms with Gasteiger partial charge in [-0.1, -0.05) is 6.07 Å². The van der Waals surface area contributed by atoms with Crippen LogP contribution in [0.3, 0.4) is 0 Å². The third-order valence-electron chi connectivity index (χ3n) is 3.61. The molecule has 4 heteroatoms. The molecule has 0 atom stereocenters. The number of rotatable bonds is 1. The van der Waals surface area contributed by atoms with Gasteiger partial charge in [0.1, 0.15) is 5.75 Å². The molecule has 1 fully saturated rings. The van der Waals surface area contributed by atoms with E-state index in [0.29, 0.717) is 5.56 Å². The molecule has 104 valence electrons. The van der Waals surface area contributed by atoms with Crippen molar-refractivity contribution in [3.63, 3.8) is 0 Å². The fourth-order valence-electron chi connectivity index (χ4n) is 2.40. The van der Waals surface area contributed by atoms with Crippen LogP contribution in [-0.2, 0) is 0 Å². The minimum absolute atomic E-state index is 0.00413. The number of hydrogen-bond donors (Lipinski definition) is 1. The van der Waals surface area contributed by atoms with E-state index in [4.69, 9.17) is 0 Å². The average molecular weight is 262 g/mol. The summed E-state index contributed by atoms with van der Waals surface area (Å²) in [7, 11) is 0. The standard InChI is InChI=1S/C15H22N2O2/c1-15(2,3)17-9-7-16(8-10-17)14(19)12-5-4-6-13(18)11-12/h4-6,11,18H,7-10H2,1-3H3. The molecule has 0 aliphatic carbocycles. The molecular formula is C15H22N2O2. The van der Waals surface area contributed by atoms with Crippen LogP contribution in [0.15, 0.2) is 24.3 Å². The van der Waals surface area contributed by atoms with E-state index in [9.17, 15) is 9.90 Å². The fraction of sp³-hybridized carbons (Fsp3) is 0.533. The van der Waals surface area contributed by atoms with Crippen molar-refractivity contribution in [3.05, 3.63) is 29.8 Å². The highest BCUT2D eigenvalue weighted by Gasteiger charge is 2.28. The van der Waals surface area contributed by atoms with E-state index < -0.39 is 0 Å². The molecule has 0 aromatic heterocycles. The smallest absolute Gasteiger partial charge is 0.254 e. The monoisotopic (exact) mass is 262 g/mol. The summed E-state index contributed by atoms with van der Waals surface area (Å²) in [6.45, 7) is 9.86. The van der Waals surface area contributed by atoms with Crippen molar-refractivity contribution in [3.8, 4) is 5.75 Å². The van der Waals surface area contributed by atoms with Crippen molar-refractivity contribution < 1.29 is 9.90 Å². The lowest BCUT2D eigenvalue weighted by Crippen LogP contribution is -2.54. The Morgan fingerprint density at radius 3 is 2.32 bits per heavy atom. The van der Waals surface area contributed by atoms with E-state index in [1.54, 1.807) is 18.2 Å². The first kappa shape index (κ1) is 13.9. The van der Waals surface area contributed by atoms with Gasteiger partial charge in [-0.15, -0.1) is 0 Å². The number of nitrogens with zero attached hydrogens (tertiary/aromatic N) is 2. The average Bonchev–Trinajstić information content (AvgIpc) is 2.37. The predicted molar refractivity (Wildman–Crippen MR) is 75.3 cm³/mol. The molecule has 0 unspecified atom stereocenters. The van der Waals surface area contributed by atoms with Crippen LogP contribution < -0.4 is 0 Å². The molecule has 0 spiro atoms. The van der Waals surface area contributed by atoms with Crippen LogP contribution in [0, 0.1) is 0 Å². The topological polar surface area (TPSA) is 43.8 Å². The summed E-state index contributed by atoms with van der Waals surface area (Å²) < 4.78 is 0. The van der Waals surface area contributed by atoms with Gasteiger partial charge >= 0.3 is 0 Å².